The molecule has 3 nitrogen and oxygen atoms in total. The minimum absolute atomic E-state index is 0.121. The van der Waals surface area contributed by atoms with Crippen molar-refractivity contribution < 1.29 is 4.70 Å². The summed E-state index contributed by atoms with van der Waals surface area (Å²) in [6, 6.07) is 0.454. The van der Waals surface area contributed by atoms with Crippen molar-refractivity contribution in [2.45, 2.75) is 52.1 Å². The number of hydrogen-bond acceptors (Lipinski definition) is 2. The van der Waals surface area contributed by atoms with E-state index in [1.54, 1.807) is 0 Å². The number of likely N-dealkylation sites (N-methyl/N-ethyl adjacent to an activating group) is 1. The topological polar surface area (TPSA) is 18.6 Å². The van der Waals surface area contributed by atoms with Crippen LogP contribution in [0.5, 0.6) is 0 Å². The number of azo groups is 2. The van der Waals surface area contributed by atoms with Crippen LogP contribution in [0.15, 0.2) is 16.9 Å². The molecule has 2 aliphatic rings. The Hall–Kier alpha value is -0.700. The standard InChI is InChI=1S/C13H24N3/c1-5-15-8-6-7-12-11(9-15)10-16(14-12)13(2,3)4/h10,12H,5-9H2,1-4H3/q+1. The van der Waals surface area contributed by atoms with Gasteiger partial charge in [0.25, 0.3) is 0 Å². The van der Waals surface area contributed by atoms with Crippen molar-refractivity contribution in [3.63, 3.8) is 0 Å². The molecule has 1 atom stereocenters. The van der Waals surface area contributed by atoms with Gasteiger partial charge in [-0.25, -0.2) is 0 Å². The van der Waals surface area contributed by atoms with Crippen molar-refractivity contribution >= 4 is 0 Å². The SMILES string of the molecule is CCN1CCCC2N=[N+](C(C)(C)C)C=C2C1. The summed E-state index contributed by atoms with van der Waals surface area (Å²) in [6.45, 7) is 12.4. The molecule has 0 aliphatic carbocycles. The highest BCUT2D eigenvalue weighted by atomic mass is 15.3. The molecule has 0 aromatic carbocycles. The van der Waals surface area contributed by atoms with E-state index in [0.29, 0.717) is 6.04 Å². The summed E-state index contributed by atoms with van der Waals surface area (Å²) in [7, 11) is 0. The summed E-state index contributed by atoms with van der Waals surface area (Å²) in [5, 5.41) is 4.82. The van der Waals surface area contributed by atoms with Crippen molar-refractivity contribution in [2.75, 3.05) is 19.6 Å². The Morgan fingerprint density at radius 3 is 2.88 bits per heavy atom. The fourth-order valence-electron chi connectivity index (χ4n) is 2.37. The molecule has 3 heteroatoms. The molecular weight excluding hydrogens is 198 g/mol. The lowest BCUT2D eigenvalue weighted by molar-refractivity contribution is -0.595. The molecule has 1 fully saturated rings. The molecule has 0 bridgehead atoms. The van der Waals surface area contributed by atoms with Gasteiger partial charge in [0.1, 0.15) is 6.04 Å². The Kier molecular flexibility index (Phi) is 3.15. The minimum atomic E-state index is 0.121. The molecule has 1 unspecified atom stereocenters. The third-order valence-electron chi connectivity index (χ3n) is 3.47. The fourth-order valence-corrected chi connectivity index (χ4v) is 2.37. The van der Waals surface area contributed by atoms with Crippen LogP contribution in [0.25, 0.3) is 0 Å². The lowest BCUT2D eigenvalue weighted by atomic mass is 10.1. The summed E-state index contributed by atoms with van der Waals surface area (Å²) >= 11 is 0. The van der Waals surface area contributed by atoms with Gasteiger partial charge in [0.2, 0.25) is 0 Å². The van der Waals surface area contributed by atoms with Gasteiger partial charge in [-0.15, -0.1) is 0 Å². The average molecular weight is 222 g/mol. The second-order valence-electron chi connectivity index (χ2n) is 5.86. The number of fused-ring (bicyclic) bond motifs is 1. The molecule has 0 saturated carbocycles. The first kappa shape index (κ1) is 11.8. The molecular formula is C13H24N3+. The third-order valence-corrected chi connectivity index (χ3v) is 3.47. The summed E-state index contributed by atoms with van der Waals surface area (Å²) in [4.78, 5) is 2.52. The predicted octanol–water partition coefficient (Wildman–Crippen LogP) is 2.63. The smallest absolute Gasteiger partial charge is 0.199 e. The maximum atomic E-state index is 4.82. The van der Waals surface area contributed by atoms with Crippen molar-refractivity contribution in [2.24, 2.45) is 5.11 Å². The maximum Gasteiger partial charge on any atom is 0.199 e. The Morgan fingerprint density at radius 1 is 1.50 bits per heavy atom. The molecule has 16 heavy (non-hydrogen) atoms. The molecule has 0 spiro atoms. The van der Waals surface area contributed by atoms with Crippen LogP contribution in [-0.2, 0) is 0 Å². The van der Waals surface area contributed by atoms with Gasteiger partial charge in [0.15, 0.2) is 11.7 Å². The van der Waals surface area contributed by atoms with E-state index >= 15 is 0 Å². The predicted molar refractivity (Wildman–Crippen MR) is 65.7 cm³/mol. The first-order chi connectivity index (χ1) is 7.50. The average Bonchev–Trinajstić information content (AvgIpc) is 2.51. The van der Waals surface area contributed by atoms with Crippen LogP contribution in [0.2, 0.25) is 0 Å². The Balaban J connectivity index is 2.16. The van der Waals surface area contributed by atoms with Crippen LogP contribution < -0.4 is 0 Å². The summed E-state index contributed by atoms with van der Waals surface area (Å²) in [5.41, 5.74) is 1.63. The van der Waals surface area contributed by atoms with E-state index in [-0.39, 0.29) is 5.54 Å². The quantitative estimate of drug-likeness (QED) is 0.624. The monoisotopic (exact) mass is 222 g/mol. The first-order valence-corrected chi connectivity index (χ1v) is 6.43. The molecule has 0 radical (unpaired) electrons. The van der Waals surface area contributed by atoms with E-state index < -0.39 is 0 Å². The molecule has 0 amide bonds. The van der Waals surface area contributed by atoms with E-state index in [0.717, 1.165) is 13.1 Å². The molecule has 2 heterocycles. The Morgan fingerprint density at radius 2 is 2.25 bits per heavy atom. The van der Waals surface area contributed by atoms with Crippen molar-refractivity contribution in [1.29, 1.82) is 0 Å². The van der Waals surface area contributed by atoms with Crippen molar-refractivity contribution in [3.8, 4) is 0 Å². The van der Waals surface area contributed by atoms with Gasteiger partial charge in [0.05, 0.1) is 0 Å². The van der Waals surface area contributed by atoms with Gasteiger partial charge in [-0.1, -0.05) is 11.6 Å². The van der Waals surface area contributed by atoms with Crippen molar-refractivity contribution in [1.82, 2.24) is 4.90 Å². The van der Waals surface area contributed by atoms with Gasteiger partial charge in [-0.05, 0) is 31.0 Å². The minimum Gasteiger partial charge on any atom is -0.299 e. The van der Waals surface area contributed by atoms with Gasteiger partial charge >= 0.3 is 0 Å². The highest BCUT2D eigenvalue weighted by Gasteiger charge is 2.36. The Bertz CT molecular complexity index is 323. The van der Waals surface area contributed by atoms with E-state index in [2.05, 4.69) is 43.5 Å². The lowest BCUT2D eigenvalue weighted by Crippen LogP contribution is -2.27. The normalized spacial score (nSPS) is 27.1. The fraction of sp³-hybridized carbons (Fsp3) is 0.846. The molecule has 2 aliphatic heterocycles. The zero-order valence-electron chi connectivity index (χ0n) is 11.0. The van der Waals surface area contributed by atoms with Crippen molar-refractivity contribution in [3.05, 3.63) is 11.8 Å². The summed E-state index contributed by atoms with van der Waals surface area (Å²) in [6.07, 6.45) is 4.77. The van der Waals surface area contributed by atoms with Gasteiger partial charge in [-0.3, -0.25) is 4.90 Å². The molecule has 2 rings (SSSR count). The molecule has 1 saturated heterocycles. The zero-order chi connectivity index (χ0) is 11.8. The molecule has 0 aromatic rings. The highest BCUT2D eigenvalue weighted by molar-refractivity contribution is 5.13. The van der Waals surface area contributed by atoms with Crippen LogP contribution >= 0.6 is 0 Å². The zero-order valence-corrected chi connectivity index (χ0v) is 11.0. The van der Waals surface area contributed by atoms with Crippen LogP contribution in [0.1, 0.15) is 40.5 Å². The van der Waals surface area contributed by atoms with E-state index in [9.17, 15) is 0 Å². The number of likely N-dealkylation sites (tertiary alicyclic amines) is 1. The maximum absolute atomic E-state index is 4.82. The highest BCUT2D eigenvalue weighted by Crippen LogP contribution is 2.27. The lowest BCUT2D eigenvalue weighted by Gasteiger charge is -2.16. The Labute approximate surface area is 98.8 Å². The number of nitrogens with zero attached hydrogens (tertiary/aromatic N) is 3. The second-order valence-corrected chi connectivity index (χ2v) is 5.86. The van der Waals surface area contributed by atoms with Crippen LogP contribution in [0, 0.1) is 0 Å². The van der Waals surface area contributed by atoms with E-state index in [1.807, 2.05) is 0 Å². The van der Waals surface area contributed by atoms with Crippen LogP contribution in [0.3, 0.4) is 0 Å². The third kappa shape index (κ3) is 2.34. The van der Waals surface area contributed by atoms with Gasteiger partial charge in [0, 0.05) is 32.9 Å². The molecule has 0 aromatic heterocycles. The van der Waals surface area contributed by atoms with Gasteiger partial charge in [-0.2, -0.15) is 0 Å². The number of rotatable bonds is 1. The molecule has 90 valence electrons. The number of hydrogen-bond donors (Lipinski definition) is 0. The molecule has 0 N–H and O–H groups in total. The first-order valence-electron chi connectivity index (χ1n) is 6.43. The largest absolute Gasteiger partial charge is 0.299 e. The van der Waals surface area contributed by atoms with Gasteiger partial charge < -0.3 is 0 Å². The second kappa shape index (κ2) is 4.28. The summed E-state index contributed by atoms with van der Waals surface area (Å²) in [5.74, 6) is 0. The van der Waals surface area contributed by atoms with E-state index in [4.69, 9.17) is 5.11 Å². The summed E-state index contributed by atoms with van der Waals surface area (Å²) < 4.78 is 2.16. The van der Waals surface area contributed by atoms with Crippen LogP contribution in [-0.4, -0.2) is 40.8 Å². The van der Waals surface area contributed by atoms with E-state index in [1.165, 1.54) is 25.0 Å². The van der Waals surface area contributed by atoms with Crippen LogP contribution in [0.4, 0.5) is 0 Å².